The molecule has 0 aliphatic rings. The average molecular weight is 262 g/mol. The first-order chi connectivity index (χ1) is 9.26. The van der Waals surface area contributed by atoms with Crippen LogP contribution in [0, 0.1) is 0 Å². The lowest BCUT2D eigenvalue weighted by Gasteiger charge is -2.21. The van der Waals surface area contributed by atoms with Gasteiger partial charge in [-0.25, -0.2) is 0 Å². The molecule has 0 saturated heterocycles. The fourth-order valence-electron chi connectivity index (χ4n) is 1.80. The van der Waals surface area contributed by atoms with Gasteiger partial charge in [-0.1, -0.05) is 11.2 Å². The molecule has 0 bridgehead atoms. The molecule has 0 atom stereocenters. The van der Waals surface area contributed by atoms with Crippen LogP contribution in [0.1, 0.15) is 18.6 Å². The second kappa shape index (κ2) is 6.19. The Kier molecular flexibility index (Phi) is 4.35. The lowest BCUT2D eigenvalue weighted by atomic mass is 10.2. The van der Waals surface area contributed by atoms with Crippen LogP contribution in [-0.4, -0.2) is 23.8 Å². The highest BCUT2D eigenvalue weighted by Crippen LogP contribution is 2.21. The Bertz CT molecular complexity index is 527. The molecule has 6 heteroatoms. The number of benzene rings is 1. The first-order valence-corrected chi connectivity index (χ1v) is 6.17. The zero-order valence-electron chi connectivity index (χ0n) is 11.2. The number of hydrogen-bond donors (Lipinski definition) is 1. The fourth-order valence-corrected chi connectivity index (χ4v) is 1.80. The molecule has 2 N–H and O–H groups in total. The van der Waals surface area contributed by atoms with E-state index in [1.807, 2.05) is 24.3 Å². The zero-order chi connectivity index (χ0) is 13.7. The molecule has 6 nitrogen and oxygen atoms in total. The van der Waals surface area contributed by atoms with E-state index in [9.17, 15) is 0 Å². The van der Waals surface area contributed by atoms with Gasteiger partial charge in [0.05, 0.1) is 20.2 Å². The Balaban J connectivity index is 2.14. The van der Waals surface area contributed by atoms with Crippen LogP contribution in [-0.2, 0) is 13.1 Å². The van der Waals surface area contributed by atoms with Gasteiger partial charge in [0.1, 0.15) is 5.75 Å². The molecular formula is C13H18N4O2. The molecule has 2 aromatic rings. The first kappa shape index (κ1) is 13.4. The largest absolute Gasteiger partial charge is 0.497 e. The minimum atomic E-state index is 0.262. The maximum atomic E-state index is 5.45. The molecular weight excluding hydrogens is 244 g/mol. The van der Waals surface area contributed by atoms with E-state index in [0.29, 0.717) is 18.3 Å². The van der Waals surface area contributed by atoms with Gasteiger partial charge < -0.3 is 19.9 Å². The van der Waals surface area contributed by atoms with Crippen molar-refractivity contribution in [1.29, 1.82) is 0 Å². The molecule has 0 fully saturated rings. The Morgan fingerprint density at radius 2 is 2.26 bits per heavy atom. The SMILES string of the molecule is CCN(Cc1noc(CN)n1)c1cccc(OC)c1. The number of anilines is 1. The maximum absolute atomic E-state index is 5.45. The summed E-state index contributed by atoms with van der Waals surface area (Å²) in [6, 6.07) is 7.87. The van der Waals surface area contributed by atoms with Crippen LogP contribution in [0.3, 0.4) is 0 Å². The summed E-state index contributed by atoms with van der Waals surface area (Å²) in [4.78, 5) is 6.34. The monoisotopic (exact) mass is 262 g/mol. The Hall–Kier alpha value is -2.08. The van der Waals surface area contributed by atoms with Crippen LogP contribution in [0.15, 0.2) is 28.8 Å². The van der Waals surface area contributed by atoms with Crippen LogP contribution < -0.4 is 15.4 Å². The van der Waals surface area contributed by atoms with Gasteiger partial charge in [0, 0.05) is 18.3 Å². The van der Waals surface area contributed by atoms with Gasteiger partial charge in [0.15, 0.2) is 5.82 Å². The molecule has 2 rings (SSSR count). The van der Waals surface area contributed by atoms with E-state index < -0.39 is 0 Å². The summed E-state index contributed by atoms with van der Waals surface area (Å²) in [5.74, 6) is 1.91. The minimum absolute atomic E-state index is 0.262. The number of nitrogens with two attached hydrogens (primary N) is 1. The smallest absolute Gasteiger partial charge is 0.240 e. The molecule has 0 spiro atoms. The molecule has 19 heavy (non-hydrogen) atoms. The number of nitrogens with zero attached hydrogens (tertiary/aromatic N) is 3. The van der Waals surface area contributed by atoms with Crippen molar-refractivity contribution < 1.29 is 9.26 Å². The summed E-state index contributed by atoms with van der Waals surface area (Å²) in [5, 5.41) is 3.90. The molecule has 102 valence electrons. The van der Waals surface area contributed by atoms with Crippen LogP contribution >= 0.6 is 0 Å². The van der Waals surface area contributed by atoms with E-state index in [1.54, 1.807) is 7.11 Å². The van der Waals surface area contributed by atoms with Gasteiger partial charge in [-0.05, 0) is 19.1 Å². The van der Waals surface area contributed by atoms with Crippen molar-refractivity contribution in [3.63, 3.8) is 0 Å². The molecule has 0 aliphatic carbocycles. The van der Waals surface area contributed by atoms with Gasteiger partial charge in [-0.2, -0.15) is 4.98 Å². The van der Waals surface area contributed by atoms with Crippen LogP contribution in [0.25, 0.3) is 0 Å². The number of aromatic nitrogens is 2. The van der Waals surface area contributed by atoms with Crippen molar-refractivity contribution in [2.75, 3.05) is 18.6 Å². The molecule has 1 heterocycles. The molecule has 0 amide bonds. The highest BCUT2D eigenvalue weighted by atomic mass is 16.5. The van der Waals surface area contributed by atoms with Crippen molar-refractivity contribution in [2.45, 2.75) is 20.0 Å². The van der Waals surface area contributed by atoms with E-state index in [4.69, 9.17) is 15.0 Å². The van der Waals surface area contributed by atoms with E-state index >= 15 is 0 Å². The number of hydrogen-bond acceptors (Lipinski definition) is 6. The normalized spacial score (nSPS) is 10.5. The number of methoxy groups -OCH3 is 1. The summed E-state index contributed by atoms with van der Waals surface area (Å²) in [5.41, 5.74) is 6.51. The predicted molar refractivity (Wildman–Crippen MR) is 71.9 cm³/mol. The average Bonchev–Trinajstić information content (AvgIpc) is 2.92. The van der Waals surface area contributed by atoms with Crippen molar-refractivity contribution in [1.82, 2.24) is 10.1 Å². The second-order valence-electron chi connectivity index (χ2n) is 4.02. The van der Waals surface area contributed by atoms with Crippen molar-refractivity contribution in [3.05, 3.63) is 36.0 Å². The molecule has 0 aliphatic heterocycles. The zero-order valence-corrected chi connectivity index (χ0v) is 11.2. The lowest BCUT2D eigenvalue weighted by Crippen LogP contribution is -2.22. The van der Waals surface area contributed by atoms with Gasteiger partial charge in [0.2, 0.25) is 5.89 Å². The third-order valence-electron chi connectivity index (χ3n) is 2.82. The molecule has 0 saturated carbocycles. The minimum Gasteiger partial charge on any atom is -0.497 e. The summed E-state index contributed by atoms with van der Waals surface area (Å²) < 4.78 is 10.2. The quantitative estimate of drug-likeness (QED) is 0.851. The topological polar surface area (TPSA) is 77.4 Å². The third kappa shape index (κ3) is 3.23. The van der Waals surface area contributed by atoms with Gasteiger partial charge >= 0.3 is 0 Å². The van der Waals surface area contributed by atoms with Crippen LogP contribution in [0.4, 0.5) is 5.69 Å². The maximum Gasteiger partial charge on any atom is 0.240 e. The van der Waals surface area contributed by atoms with Crippen molar-refractivity contribution in [2.24, 2.45) is 5.73 Å². The van der Waals surface area contributed by atoms with E-state index in [1.165, 1.54) is 0 Å². The van der Waals surface area contributed by atoms with Crippen molar-refractivity contribution in [3.8, 4) is 5.75 Å². The highest BCUT2D eigenvalue weighted by molar-refractivity contribution is 5.50. The first-order valence-electron chi connectivity index (χ1n) is 6.17. The Labute approximate surface area is 112 Å². The van der Waals surface area contributed by atoms with Crippen molar-refractivity contribution >= 4 is 5.69 Å². The summed E-state index contributed by atoms with van der Waals surface area (Å²) in [7, 11) is 1.65. The highest BCUT2D eigenvalue weighted by Gasteiger charge is 2.11. The Morgan fingerprint density at radius 1 is 1.42 bits per heavy atom. The molecule has 1 aromatic heterocycles. The van der Waals surface area contributed by atoms with Crippen LogP contribution in [0.2, 0.25) is 0 Å². The third-order valence-corrected chi connectivity index (χ3v) is 2.82. The van der Waals surface area contributed by atoms with Gasteiger partial charge in [0.25, 0.3) is 0 Å². The summed E-state index contributed by atoms with van der Waals surface area (Å²) >= 11 is 0. The summed E-state index contributed by atoms with van der Waals surface area (Å²) in [6.07, 6.45) is 0. The van der Waals surface area contributed by atoms with Gasteiger partial charge in [-0.3, -0.25) is 0 Å². The van der Waals surface area contributed by atoms with E-state index in [0.717, 1.165) is 18.0 Å². The molecule has 1 aromatic carbocycles. The molecule has 0 unspecified atom stereocenters. The lowest BCUT2D eigenvalue weighted by molar-refractivity contribution is 0.374. The summed E-state index contributed by atoms with van der Waals surface area (Å²) in [6.45, 7) is 3.74. The van der Waals surface area contributed by atoms with Gasteiger partial charge in [-0.15, -0.1) is 0 Å². The van der Waals surface area contributed by atoms with Crippen LogP contribution in [0.5, 0.6) is 5.75 Å². The number of ether oxygens (including phenoxy) is 1. The number of rotatable bonds is 6. The Morgan fingerprint density at radius 3 is 2.89 bits per heavy atom. The standard InChI is InChI=1S/C13H18N4O2/c1-3-17(9-12-15-13(8-14)19-16-12)10-5-4-6-11(7-10)18-2/h4-7H,3,8-9,14H2,1-2H3. The fraction of sp³-hybridized carbons (Fsp3) is 0.385. The molecule has 0 radical (unpaired) electrons. The second-order valence-corrected chi connectivity index (χ2v) is 4.02. The van der Waals surface area contributed by atoms with E-state index in [2.05, 4.69) is 22.0 Å². The van der Waals surface area contributed by atoms with E-state index in [-0.39, 0.29) is 6.54 Å². The predicted octanol–water partition coefficient (Wildman–Crippen LogP) is 1.56.